The van der Waals surface area contributed by atoms with Gasteiger partial charge in [-0.1, -0.05) is 6.07 Å². The Kier molecular flexibility index (Phi) is 4.45. The molecule has 1 aromatic carbocycles. The first kappa shape index (κ1) is 13.4. The minimum atomic E-state index is -0.768. The summed E-state index contributed by atoms with van der Waals surface area (Å²) in [6, 6.07) is 3.98. The average Bonchev–Trinajstić information content (AvgIpc) is 2.28. The van der Waals surface area contributed by atoms with E-state index >= 15 is 0 Å². The maximum absolute atomic E-state index is 13.5. The lowest BCUT2D eigenvalue weighted by Crippen LogP contribution is -2.25. The van der Waals surface area contributed by atoms with E-state index in [1.807, 2.05) is 0 Å². The summed E-state index contributed by atoms with van der Waals surface area (Å²) in [5.74, 6) is -1.81. The Hall–Kier alpha value is -1.62. The molecule has 0 aliphatic carbocycles. The molecule has 0 spiro atoms. The van der Waals surface area contributed by atoms with Gasteiger partial charge in [0.2, 0.25) is 5.91 Å². The minimum absolute atomic E-state index is 0.0989. The van der Waals surface area contributed by atoms with Gasteiger partial charge in [0.1, 0.15) is 11.2 Å². The second kappa shape index (κ2) is 5.63. The highest BCUT2D eigenvalue weighted by Crippen LogP contribution is 2.19. The molecule has 0 heterocycles. The molecule has 0 saturated carbocycles. The summed E-state index contributed by atoms with van der Waals surface area (Å²) in [6.45, 7) is 1.48. The smallest absolute Gasteiger partial charge is 0.256 e. The fraction of sp³-hybridized carbons (Fsp3) is 0.273. The van der Waals surface area contributed by atoms with Gasteiger partial charge >= 0.3 is 0 Å². The molecule has 2 N–H and O–H groups in total. The van der Waals surface area contributed by atoms with Crippen molar-refractivity contribution in [2.75, 3.05) is 12.4 Å². The van der Waals surface area contributed by atoms with Gasteiger partial charge in [-0.2, -0.15) is 0 Å². The number of amides is 2. The Morgan fingerprint density at radius 2 is 2.06 bits per heavy atom. The van der Waals surface area contributed by atoms with Gasteiger partial charge in [-0.05, 0) is 19.1 Å². The molecule has 0 fully saturated rings. The fourth-order valence-electron chi connectivity index (χ4n) is 1.22. The molecule has 0 aliphatic rings. The van der Waals surface area contributed by atoms with E-state index in [0.29, 0.717) is 0 Å². The number of anilines is 1. The Balaban J connectivity index is 3.11. The summed E-state index contributed by atoms with van der Waals surface area (Å²) in [7, 11) is 1.38. The first-order valence-corrected chi connectivity index (χ1v) is 5.36. The van der Waals surface area contributed by atoms with Crippen LogP contribution < -0.4 is 10.6 Å². The zero-order valence-electron chi connectivity index (χ0n) is 9.38. The largest absolute Gasteiger partial charge is 0.355 e. The van der Waals surface area contributed by atoms with E-state index in [0.717, 1.165) is 6.07 Å². The van der Waals surface area contributed by atoms with E-state index in [1.165, 1.54) is 26.1 Å². The minimum Gasteiger partial charge on any atom is -0.355 e. The van der Waals surface area contributed by atoms with Gasteiger partial charge < -0.3 is 10.6 Å². The molecular weight excluding hydrogens is 247 g/mol. The fourth-order valence-corrected chi connectivity index (χ4v) is 1.27. The highest BCUT2D eigenvalue weighted by molar-refractivity contribution is 6.32. The number of benzene rings is 1. The molecule has 1 atom stereocenters. The van der Waals surface area contributed by atoms with Crippen molar-refractivity contribution < 1.29 is 14.0 Å². The molecule has 0 saturated heterocycles. The molecule has 17 heavy (non-hydrogen) atoms. The third-order valence-electron chi connectivity index (χ3n) is 2.09. The van der Waals surface area contributed by atoms with E-state index in [2.05, 4.69) is 10.6 Å². The second-order valence-corrected chi connectivity index (χ2v) is 4.00. The third kappa shape index (κ3) is 3.17. The monoisotopic (exact) mass is 258 g/mol. The number of carbonyl (C=O) groups is 2. The number of nitrogens with one attached hydrogen (secondary N) is 2. The van der Waals surface area contributed by atoms with Crippen LogP contribution in [0.1, 0.15) is 17.3 Å². The van der Waals surface area contributed by atoms with Crippen molar-refractivity contribution >= 4 is 29.1 Å². The molecule has 0 bridgehead atoms. The van der Waals surface area contributed by atoms with Crippen molar-refractivity contribution in [2.24, 2.45) is 0 Å². The molecular formula is C11H12ClFN2O2. The summed E-state index contributed by atoms with van der Waals surface area (Å²) in [4.78, 5) is 22.9. The number of hydrogen-bond acceptors (Lipinski definition) is 2. The van der Waals surface area contributed by atoms with Crippen LogP contribution in [0.25, 0.3) is 0 Å². The quantitative estimate of drug-likeness (QED) is 0.812. The predicted octanol–water partition coefficient (Wildman–Crippen LogP) is 1.75. The predicted molar refractivity (Wildman–Crippen MR) is 63.7 cm³/mol. The number of alkyl halides is 1. The van der Waals surface area contributed by atoms with E-state index < -0.39 is 23.0 Å². The van der Waals surface area contributed by atoms with Gasteiger partial charge in [-0.3, -0.25) is 9.59 Å². The van der Waals surface area contributed by atoms with Crippen molar-refractivity contribution in [2.45, 2.75) is 12.3 Å². The number of hydrogen-bond donors (Lipinski definition) is 2. The van der Waals surface area contributed by atoms with Crippen LogP contribution in [0, 0.1) is 5.82 Å². The summed E-state index contributed by atoms with van der Waals surface area (Å²) in [5.41, 5.74) is -0.109. The molecule has 1 rings (SSSR count). The van der Waals surface area contributed by atoms with Crippen LogP contribution in [-0.2, 0) is 4.79 Å². The lowest BCUT2D eigenvalue weighted by molar-refractivity contribution is -0.115. The Morgan fingerprint density at radius 3 is 2.59 bits per heavy atom. The van der Waals surface area contributed by atoms with Crippen molar-refractivity contribution in [1.82, 2.24) is 5.32 Å². The van der Waals surface area contributed by atoms with Gasteiger partial charge in [0.05, 0.1) is 11.3 Å². The summed E-state index contributed by atoms with van der Waals surface area (Å²) in [6.07, 6.45) is 0. The van der Waals surface area contributed by atoms with Crippen LogP contribution in [-0.4, -0.2) is 24.2 Å². The first-order valence-electron chi connectivity index (χ1n) is 4.93. The maximum atomic E-state index is 13.5. The van der Waals surface area contributed by atoms with E-state index in [-0.39, 0.29) is 11.3 Å². The summed E-state index contributed by atoms with van der Waals surface area (Å²) < 4.78 is 13.5. The Bertz CT molecular complexity index is 449. The van der Waals surface area contributed by atoms with Crippen LogP contribution in [0.5, 0.6) is 0 Å². The van der Waals surface area contributed by atoms with E-state index in [9.17, 15) is 14.0 Å². The SMILES string of the molecule is CNC(=O)c1c(F)cccc1NC(=O)C(C)Cl. The van der Waals surface area contributed by atoms with Crippen molar-refractivity contribution in [1.29, 1.82) is 0 Å². The third-order valence-corrected chi connectivity index (χ3v) is 2.29. The molecule has 92 valence electrons. The van der Waals surface area contributed by atoms with E-state index in [4.69, 9.17) is 11.6 Å². The molecule has 4 nitrogen and oxygen atoms in total. The first-order chi connectivity index (χ1) is 7.97. The second-order valence-electron chi connectivity index (χ2n) is 3.35. The number of carbonyl (C=O) groups excluding carboxylic acids is 2. The molecule has 0 aliphatic heterocycles. The van der Waals surface area contributed by atoms with Gasteiger partial charge in [0.25, 0.3) is 5.91 Å². The van der Waals surface area contributed by atoms with Crippen LogP contribution in [0.15, 0.2) is 18.2 Å². The zero-order valence-corrected chi connectivity index (χ0v) is 10.1. The zero-order chi connectivity index (χ0) is 13.0. The standard InChI is InChI=1S/C11H12ClFN2O2/c1-6(12)10(16)15-8-5-3-4-7(13)9(8)11(17)14-2/h3-6H,1-2H3,(H,14,17)(H,15,16). The summed E-state index contributed by atoms with van der Waals surface area (Å²) >= 11 is 5.58. The van der Waals surface area contributed by atoms with Gasteiger partial charge in [0.15, 0.2) is 0 Å². The molecule has 0 aromatic heterocycles. The van der Waals surface area contributed by atoms with Crippen LogP contribution in [0.3, 0.4) is 0 Å². The van der Waals surface area contributed by atoms with Crippen molar-refractivity contribution in [3.63, 3.8) is 0 Å². The normalized spacial score (nSPS) is 11.8. The summed E-state index contributed by atoms with van der Waals surface area (Å²) in [5, 5.41) is 3.93. The topological polar surface area (TPSA) is 58.2 Å². The van der Waals surface area contributed by atoms with E-state index in [1.54, 1.807) is 0 Å². The molecule has 1 unspecified atom stereocenters. The van der Waals surface area contributed by atoms with Crippen LogP contribution >= 0.6 is 11.6 Å². The van der Waals surface area contributed by atoms with Crippen molar-refractivity contribution in [3.05, 3.63) is 29.6 Å². The Labute approximate surface area is 103 Å². The number of rotatable bonds is 3. The van der Waals surface area contributed by atoms with Crippen molar-refractivity contribution in [3.8, 4) is 0 Å². The average molecular weight is 259 g/mol. The van der Waals surface area contributed by atoms with Gasteiger partial charge in [-0.25, -0.2) is 4.39 Å². The lowest BCUT2D eigenvalue weighted by Gasteiger charge is -2.11. The van der Waals surface area contributed by atoms with Gasteiger partial charge in [-0.15, -0.1) is 11.6 Å². The highest BCUT2D eigenvalue weighted by Gasteiger charge is 2.18. The van der Waals surface area contributed by atoms with Gasteiger partial charge in [0, 0.05) is 7.05 Å². The number of halogens is 2. The molecule has 0 radical (unpaired) electrons. The van der Waals surface area contributed by atoms with Crippen LogP contribution in [0.2, 0.25) is 0 Å². The molecule has 1 aromatic rings. The molecule has 2 amide bonds. The van der Waals surface area contributed by atoms with Crippen LogP contribution in [0.4, 0.5) is 10.1 Å². The lowest BCUT2D eigenvalue weighted by atomic mass is 10.1. The Morgan fingerprint density at radius 1 is 1.41 bits per heavy atom. The molecule has 6 heteroatoms. The maximum Gasteiger partial charge on any atom is 0.256 e. The highest BCUT2D eigenvalue weighted by atomic mass is 35.5.